The minimum absolute atomic E-state index is 0.110. The zero-order chi connectivity index (χ0) is 12.1. The lowest BCUT2D eigenvalue weighted by molar-refractivity contribution is -0.385. The minimum atomic E-state index is -0.547. The molecule has 5 nitrogen and oxygen atoms in total. The van der Waals surface area contributed by atoms with Crippen molar-refractivity contribution in [3.8, 4) is 0 Å². The van der Waals surface area contributed by atoms with Gasteiger partial charge in [-0.15, -0.1) is 11.8 Å². The smallest absolute Gasteiger partial charge is 0.282 e. The molecule has 0 spiro atoms. The molecule has 1 N–H and O–H groups in total. The van der Waals surface area contributed by atoms with Crippen molar-refractivity contribution in [1.29, 1.82) is 0 Å². The lowest BCUT2D eigenvalue weighted by atomic mass is 10.1. The summed E-state index contributed by atoms with van der Waals surface area (Å²) in [6, 6.07) is 4.52. The minimum Gasteiger partial charge on any atom is -0.352 e. The van der Waals surface area contributed by atoms with E-state index in [1.54, 1.807) is 13.0 Å². The third-order valence-corrected chi connectivity index (χ3v) is 2.71. The molecule has 0 fully saturated rings. The van der Waals surface area contributed by atoms with Crippen LogP contribution < -0.4 is 5.32 Å². The Balaban J connectivity index is 3.20. The number of nitro benzene ring substituents is 1. The number of hydrogen-bond donors (Lipinski definition) is 1. The predicted octanol–water partition coefficient (Wildman–Crippen LogP) is 2.07. The molecule has 0 saturated carbocycles. The molecule has 0 aromatic heterocycles. The van der Waals surface area contributed by atoms with E-state index in [1.807, 2.05) is 6.26 Å². The number of hydrogen-bond acceptors (Lipinski definition) is 4. The summed E-state index contributed by atoms with van der Waals surface area (Å²) in [5.41, 5.74) is -0.0533. The molecule has 0 saturated heterocycles. The van der Waals surface area contributed by atoms with Gasteiger partial charge in [0, 0.05) is 17.5 Å². The fourth-order valence-electron chi connectivity index (χ4n) is 1.24. The summed E-state index contributed by atoms with van der Waals surface area (Å²) < 4.78 is 0. The summed E-state index contributed by atoms with van der Waals surface area (Å²) in [5, 5.41) is 13.3. The van der Waals surface area contributed by atoms with Crippen LogP contribution in [0.5, 0.6) is 0 Å². The first-order valence-electron chi connectivity index (χ1n) is 4.70. The molecule has 1 rings (SSSR count). The molecule has 86 valence electrons. The number of thioether (sulfide) groups is 1. The maximum Gasteiger partial charge on any atom is 0.282 e. The van der Waals surface area contributed by atoms with E-state index in [1.165, 1.54) is 23.9 Å². The summed E-state index contributed by atoms with van der Waals surface area (Å²) in [5.74, 6) is -0.412. The fraction of sp³-hybridized carbons (Fsp3) is 0.300. The van der Waals surface area contributed by atoms with Crippen LogP contribution in [-0.2, 0) is 0 Å². The summed E-state index contributed by atoms with van der Waals surface area (Å²) in [7, 11) is 0. The number of amides is 1. The van der Waals surface area contributed by atoms with Crippen molar-refractivity contribution in [2.24, 2.45) is 0 Å². The van der Waals surface area contributed by atoms with Crippen molar-refractivity contribution in [3.63, 3.8) is 0 Å². The van der Waals surface area contributed by atoms with E-state index in [-0.39, 0.29) is 11.3 Å². The lowest BCUT2D eigenvalue weighted by Gasteiger charge is -2.04. The number of nitro groups is 1. The largest absolute Gasteiger partial charge is 0.352 e. The maximum atomic E-state index is 11.6. The highest BCUT2D eigenvalue weighted by Gasteiger charge is 2.19. The van der Waals surface area contributed by atoms with Gasteiger partial charge in [0.15, 0.2) is 0 Å². The molecule has 0 bridgehead atoms. The molecule has 0 aliphatic heterocycles. The molecular weight excluding hydrogens is 228 g/mol. The molecular formula is C10H12N2O3S. The normalized spacial score (nSPS) is 9.88. The molecule has 0 atom stereocenters. The topological polar surface area (TPSA) is 72.2 Å². The van der Waals surface area contributed by atoms with Crippen LogP contribution in [0.3, 0.4) is 0 Å². The molecule has 0 radical (unpaired) electrons. The molecule has 0 heterocycles. The van der Waals surface area contributed by atoms with Crippen LogP contribution in [0.1, 0.15) is 17.3 Å². The van der Waals surface area contributed by atoms with Gasteiger partial charge in [-0.25, -0.2) is 0 Å². The Morgan fingerprint density at radius 3 is 2.75 bits per heavy atom. The molecule has 0 unspecified atom stereocenters. The Labute approximate surface area is 97.4 Å². The van der Waals surface area contributed by atoms with Gasteiger partial charge in [-0.3, -0.25) is 14.9 Å². The lowest BCUT2D eigenvalue weighted by Crippen LogP contribution is -2.23. The van der Waals surface area contributed by atoms with E-state index in [0.29, 0.717) is 6.54 Å². The summed E-state index contributed by atoms with van der Waals surface area (Å²) in [6.07, 6.45) is 1.85. The van der Waals surface area contributed by atoms with Gasteiger partial charge < -0.3 is 5.32 Å². The molecule has 1 aromatic rings. The SMILES string of the molecule is CCNC(=O)c1cc(SC)ccc1[N+](=O)[O-]. The third-order valence-electron chi connectivity index (χ3n) is 1.98. The number of carbonyl (C=O) groups is 1. The quantitative estimate of drug-likeness (QED) is 0.496. The van der Waals surface area contributed by atoms with Gasteiger partial charge in [0.1, 0.15) is 5.56 Å². The molecule has 6 heteroatoms. The van der Waals surface area contributed by atoms with Crippen LogP contribution in [0.4, 0.5) is 5.69 Å². The first-order valence-corrected chi connectivity index (χ1v) is 5.93. The van der Waals surface area contributed by atoms with Gasteiger partial charge in [0.2, 0.25) is 0 Å². The second kappa shape index (κ2) is 5.50. The molecule has 16 heavy (non-hydrogen) atoms. The Morgan fingerprint density at radius 1 is 1.56 bits per heavy atom. The van der Waals surface area contributed by atoms with E-state index < -0.39 is 10.8 Å². The average Bonchev–Trinajstić information content (AvgIpc) is 2.28. The van der Waals surface area contributed by atoms with Gasteiger partial charge in [0.05, 0.1) is 4.92 Å². The summed E-state index contributed by atoms with van der Waals surface area (Å²) in [6.45, 7) is 2.21. The second-order valence-corrected chi connectivity index (χ2v) is 3.88. The molecule has 1 amide bonds. The Bertz CT molecular complexity index is 421. The average molecular weight is 240 g/mol. The zero-order valence-electron chi connectivity index (χ0n) is 9.02. The molecule has 0 aliphatic carbocycles. The van der Waals surface area contributed by atoms with Crippen LogP contribution in [0.25, 0.3) is 0 Å². The van der Waals surface area contributed by atoms with Gasteiger partial charge in [-0.05, 0) is 25.3 Å². The van der Waals surface area contributed by atoms with E-state index in [4.69, 9.17) is 0 Å². The van der Waals surface area contributed by atoms with E-state index in [0.717, 1.165) is 4.90 Å². The van der Waals surface area contributed by atoms with Gasteiger partial charge in [0.25, 0.3) is 11.6 Å². The Morgan fingerprint density at radius 2 is 2.25 bits per heavy atom. The van der Waals surface area contributed by atoms with Crippen LogP contribution >= 0.6 is 11.8 Å². The van der Waals surface area contributed by atoms with Crippen LogP contribution in [0.2, 0.25) is 0 Å². The number of nitrogens with one attached hydrogen (secondary N) is 1. The standard InChI is InChI=1S/C10H12N2O3S/c1-3-11-10(13)8-6-7(16-2)4-5-9(8)12(14)15/h4-6H,3H2,1-2H3,(H,11,13). The second-order valence-electron chi connectivity index (χ2n) is 3.00. The highest BCUT2D eigenvalue weighted by atomic mass is 32.2. The van der Waals surface area contributed by atoms with Crippen molar-refractivity contribution in [2.45, 2.75) is 11.8 Å². The Hall–Kier alpha value is -1.56. The van der Waals surface area contributed by atoms with Crippen molar-refractivity contribution in [1.82, 2.24) is 5.32 Å². The summed E-state index contributed by atoms with van der Waals surface area (Å²) >= 11 is 1.44. The van der Waals surface area contributed by atoms with Crippen LogP contribution in [0, 0.1) is 10.1 Å². The predicted molar refractivity (Wildman–Crippen MR) is 62.9 cm³/mol. The zero-order valence-corrected chi connectivity index (χ0v) is 9.84. The van der Waals surface area contributed by atoms with Crippen molar-refractivity contribution < 1.29 is 9.72 Å². The van der Waals surface area contributed by atoms with Gasteiger partial charge >= 0.3 is 0 Å². The van der Waals surface area contributed by atoms with E-state index in [2.05, 4.69) is 5.32 Å². The monoisotopic (exact) mass is 240 g/mol. The molecule has 1 aromatic carbocycles. The number of nitrogens with zero attached hydrogens (tertiary/aromatic N) is 1. The fourth-order valence-corrected chi connectivity index (χ4v) is 1.68. The van der Waals surface area contributed by atoms with E-state index in [9.17, 15) is 14.9 Å². The van der Waals surface area contributed by atoms with Gasteiger partial charge in [-0.1, -0.05) is 0 Å². The maximum absolute atomic E-state index is 11.6. The summed E-state index contributed by atoms with van der Waals surface area (Å²) in [4.78, 5) is 22.6. The highest BCUT2D eigenvalue weighted by Crippen LogP contribution is 2.24. The molecule has 0 aliphatic rings. The van der Waals surface area contributed by atoms with E-state index >= 15 is 0 Å². The highest BCUT2D eigenvalue weighted by molar-refractivity contribution is 7.98. The Kier molecular flexibility index (Phi) is 4.30. The van der Waals surface area contributed by atoms with Crippen molar-refractivity contribution >= 4 is 23.4 Å². The number of carbonyl (C=O) groups excluding carboxylic acids is 1. The third kappa shape index (κ3) is 2.73. The van der Waals surface area contributed by atoms with Gasteiger partial charge in [-0.2, -0.15) is 0 Å². The van der Waals surface area contributed by atoms with Crippen molar-refractivity contribution in [2.75, 3.05) is 12.8 Å². The first kappa shape index (κ1) is 12.5. The number of benzene rings is 1. The first-order chi connectivity index (χ1) is 7.60. The van der Waals surface area contributed by atoms with Crippen LogP contribution in [0.15, 0.2) is 23.1 Å². The van der Waals surface area contributed by atoms with Crippen molar-refractivity contribution in [3.05, 3.63) is 33.9 Å². The number of rotatable bonds is 4. The van der Waals surface area contributed by atoms with Crippen LogP contribution in [-0.4, -0.2) is 23.6 Å².